The SMILES string of the molecule is CCn1c(-c2ccc(F)cc2)c(-c2cc(F)cc(F)c2Cl)ccc1=O.CCn1c(-c2ccc(F)cc2)c(-c2cc(F)cc(F)c2Cl)ccc1=O. The zero-order valence-electron chi connectivity index (χ0n) is 26.4. The average Bonchev–Trinajstić information content (AvgIpc) is 3.09. The Labute approximate surface area is 292 Å². The molecule has 4 nitrogen and oxygen atoms in total. The van der Waals surface area contributed by atoms with Crippen molar-refractivity contribution in [1.29, 1.82) is 0 Å². The average molecular weight is 728 g/mol. The summed E-state index contributed by atoms with van der Waals surface area (Å²) in [5, 5.41) is -0.489. The van der Waals surface area contributed by atoms with Gasteiger partial charge >= 0.3 is 0 Å². The lowest BCUT2D eigenvalue weighted by atomic mass is 9.98. The first-order chi connectivity index (χ1) is 23.8. The van der Waals surface area contributed by atoms with Crippen molar-refractivity contribution in [3.8, 4) is 44.8 Å². The van der Waals surface area contributed by atoms with Crippen LogP contribution in [0.5, 0.6) is 0 Å². The molecule has 12 heteroatoms. The van der Waals surface area contributed by atoms with E-state index in [1.165, 1.54) is 81.9 Å². The van der Waals surface area contributed by atoms with Gasteiger partial charge in [0, 0.05) is 59.6 Å². The van der Waals surface area contributed by atoms with Crippen LogP contribution < -0.4 is 11.1 Å². The Hall–Kier alpha value is -5.06. The van der Waals surface area contributed by atoms with Crippen LogP contribution in [-0.2, 0) is 13.1 Å². The molecular weight excluding hydrogens is 701 g/mol. The predicted molar refractivity (Wildman–Crippen MR) is 184 cm³/mol. The Balaban J connectivity index is 0.000000194. The highest BCUT2D eigenvalue weighted by Gasteiger charge is 2.20. The maximum Gasteiger partial charge on any atom is 0.251 e. The van der Waals surface area contributed by atoms with Gasteiger partial charge in [0.15, 0.2) is 0 Å². The fourth-order valence-corrected chi connectivity index (χ4v) is 5.98. The number of nitrogens with zero attached hydrogens (tertiary/aromatic N) is 2. The van der Waals surface area contributed by atoms with Crippen LogP contribution in [0, 0.1) is 34.9 Å². The molecule has 0 saturated carbocycles. The van der Waals surface area contributed by atoms with Crippen LogP contribution in [-0.4, -0.2) is 9.13 Å². The molecule has 0 saturated heterocycles. The van der Waals surface area contributed by atoms with Crippen LogP contribution >= 0.6 is 23.2 Å². The molecule has 2 heterocycles. The number of hydrogen-bond donors (Lipinski definition) is 0. The molecule has 256 valence electrons. The maximum absolute atomic E-state index is 13.9. The van der Waals surface area contributed by atoms with Crippen LogP contribution in [0.15, 0.2) is 107 Å². The Kier molecular flexibility index (Phi) is 11.0. The molecule has 0 radical (unpaired) electrons. The van der Waals surface area contributed by atoms with Crippen molar-refractivity contribution in [1.82, 2.24) is 9.13 Å². The second-order valence-electron chi connectivity index (χ2n) is 10.9. The topological polar surface area (TPSA) is 44.0 Å². The van der Waals surface area contributed by atoms with Gasteiger partial charge in [-0.2, -0.15) is 0 Å². The molecule has 0 aliphatic carbocycles. The molecular formula is C38H26Cl2F6N2O2. The normalized spacial score (nSPS) is 10.9. The number of hydrogen-bond acceptors (Lipinski definition) is 2. The van der Waals surface area contributed by atoms with Crippen molar-refractivity contribution in [2.75, 3.05) is 0 Å². The fourth-order valence-electron chi connectivity index (χ4n) is 5.56. The second-order valence-corrected chi connectivity index (χ2v) is 11.6. The van der Waals surface area contributed by atoms with Crippen molar-refractivity contribution in [2.45, 2.75) is 26.9 Å². The van der Waals surface area contributed by atoms with E-state index < -0.39 is 34.9 Å². The third-order valence-electron chi connectivity index (χ3n) is 7.80. The highest BCUT2D eigenvalue weighted by molar-refractivity contribution is 6.34. The molecule has 0 aliphatic heterocycles. The second kappa shape index (κ2) is 15.2. The minimum absolute atomic E-state index is 0.126. The van der Waals surface area contributed by atoms with Gasteiger partial charge < -0.3 is 9.13 Å². The van der Waals surface area contributed by atoms with E-state index in [1.807, 2.05) is 0 Å². The van der Waals surface area contributed by atoms with Crippen molar-refractivity contribution in [3.05, 3.63) is 163 Å². The minimum Gasteiger partial charge on any atom is -0.308 e. The first-order valence-corrected chi connectivity index (χ1v) is 15.9. The van der Waals surface area contributed by atoms with Gasteiger partial charge in [-0.05, 0) is 97.8 Å². The molecule has 0 atom stereocenters. The molecule has 4 aromatic carbocycles. The molecule has 0 aliphatic rings. The predicted octanol–water partition coefficient (Wildman–Crippen LogP) is 10.5. The van der Waals surface area contributed by atoms with Crippen LogP contribution in [0.25, 0.3) is 44.8 Å². The van der Waals surface area contributed by atoms with Gasteiger partial charge in [0.2, 0.25) is 0 Å². The van der Waals surface area contributed by atoms with E-state index in [-0.39, 0.29) is 32.3 Å². The van der Waals surface area contributed by atoms with E-state index in [2.05, 4.69) is 0 Å². The van der Waals surface area contributed by atoms with E-state index in [9.17, 15) is 35.9 Å². The smallest absolute Gasteiger partial charge is 0.251 e. The number of pyridine rings is 2. The van der Waals surface area contributed by atoms with Gasteiger partial charge in [0.25, 0.3) is 11.1 Å². The lowest BCUT2D eigenvalue weighted by Crippen LogP contribution is -2.20. The largest absolute Gasteiger partial charge is 0.308 e. The summed E-state index contributed by atoms with van der Waals surface area (Å²) in [5.41, 5.74) is 2.38. The van der Waals surface area contributed by atoms with Crippen LogP contribution in [0.2, 0.25) is 10.0 Å². The molecule has 6 aromatic rings. The quantitative estimate of drug-likeness (QED) is 0.127. The molecule has 6 rings (SSSR count). The zero-order chi connectivity index (χ0) is 36.3. The monoisotopic (exact) mass is 726 g/mol. The summed E-state index contributed by atoms with van der Waals surface area (Å²) < 4.78 is 84.7. The summed E-state index contributed by atoms with van der Waals surface area (Å²) in [6.07, 6.45) is 0. The Morgan fingerprint density at radius 2 is 0.800 bits per heavy atom. The number of halogens is 8. The van der Waals surface area contributed by atoms with Crippen LogP contribution in [0.3, 0.4) is 0 Å². The van der Waals surface area contributed by atoms with Crippen molar-refractivity contribution < 1.29 is 26.3 Å². The molecule has 0 unspecified atom stereocenters. The molecule has 0 amide bonds. The van der Waals surface area contributed by atoms with Crippen LogP contribution in [0.1, 0.15) is 13.8 Å². The number of aromatic nitrogens is 2. The summed E-state index contributed by atoms with van der Waals surface area (Å²) >= 11 is 12.1. The highest BCUT2D eigenvalue weighted by atomic mass is 35.5. The van der Waals surface area contributed by atoms with E-state index in [1.54, 1.807) is 13.8 Å². The van der Waals surface area contributed by atoms with E-state index >= 15 is 0 Å². The van der Waals surface area contributed by atoms with Gasteiger partial charge in [0.05, 0.1) is 21.4 Å². The molecule has 0 spiro atoms. The first kappa shape index (κ1) is 36.2. The van der Waals surface area contributed by atoms with E-state index in [4.69, 9.17) is 23.2 Å². The van der Waals surface area contributed by atoms with Crippen molar-refractivity contribution in [2.24, 2.45) is 0 Å². The molecule has 0 fully saturated rings. The van der Waals surface area contributed by atoms with Gasteiger partial charge in [-0.25, -0.2) is 26.3 Å². The summed E-state index contributed by atoms with van der Waals surface area (Å²) in [5.74, 6) is -4.21. The lowest BCUT2D eigenvalue weighted by molar-refractivity contribution is 0.583. The third kappa shape index (κ3) is 7.41. The molecule has 0 N–H and O–H groups in total. The number of rotatable bonds is 6. The highest BCUT2D eigenvalue weighted by Crippen LogP contribution is 2.38. The van der Waals surface area contributed by atoms with Gasteiger partial charge in [-0.15, -0.1) is 0 Å². The van der Waals surface area contributed by atoms with Gasteiger partial charge in [-0.3, -0.25) is 9.59 Å². The summed E-state index contributed by atoms with van der Waals surface area (Å²) in [7, 11) is 0. The van der Waals surface area contributed by atoms with Gasteiger partial charge in [0.1, 0.15) is 34.9 Å². The molecule has 2 aromatic heterocycles. The lowest BCUT2D eigenvalue weighted by Gasteiger charge is -2.17. The first-order valence-electron chi connectivity index (χ1n) is 15.1. The van der Waals surface area contributed by atoms with Crippen molar-refractivity contribution in [3.63, 3.8) is 0 Å². The fraction of sp³-hybridized carbons (Fsp3) is 0.105. The minimum atomic E-state index is -0.893. The standard InChI is InChI=1S/2C19H13ClF3NO/c2*1-2-24-17(25)8-7-14(15-9-13(22)10-16(23)18(15)20)19(24)11-3-5-12(21)6-4-11/h2*3-10H,2H2,1H3. The molecule has 50 heavy (non-hydrogen) atoms. The maximum atomic E-state index is 13.9. The number of benzene rings is 4. The summed E-state index contributed by atoms with van der Waals surface area (Å²) in [4.78, 5) is 24.4. The summed E-state index contributed by atoms with van der Waals surface area (Å²) in [6.45, 7) is 4.20. The molecule has 0 bridgehead atoms. The Morgan fingerprint density at radius 3 is 1.12 bits per heavy atom. The van der Waals surface area contributed by atoms with Crippen molar-refractivity contribution >= 4 is 23.2 Å². The van der Waals surface area contributed by atoms with E-state index in [0.29, 0.717) is 58.9 Å². The summed E-state index contributed by atoms with van der Waals surface area (Å²) in [6, 6.07) is 20.2. The third-order valence-corrected chi connectivity index (χ3v) is 8.57. The Bertz CT molecular complexity index is 2160. The van der Waals surface area contributed by atoms with Gasteiger partial charge in [-0.1, -0.05) is 23.2 Å². The zero-order valence-corrected chi connectivity index (χ0v) is 27.9. The Morgan fingerprint density at radius 1 is 0.460 bits per heavy atom. The van der Waals surface area contributed by atoms with E-state index in [0.717, 1.165) is 12.1 Å². The van der Waals surface area contributed by atoms with Crippen LogP contribution in [0.4, 0.5) is 26.3 Å².